The van der Waals surface area contributed by atoms with Crippen molar-refractivity contribution in [3.8, 4) is 11.5 Å². The maximum atomic E-state index is 13.5. The van der Waals surface area contributed by atoms with Crippen LogP contribution in [0.3, 0.4) is 0 Å². The van der Waals surface area contributed by atoms with Gasteiger partial charge in [-0.2, -0.15) is 0 Å². The average molecular weight is 486 g/mol. The Balaban J connectivity index is 1.95. The maximum absolute atomic E-state index is 13.5. The van der Waals surface area contributed by atoms with Gasteiger partial charge >= 0.3 is 0 Å². The van der Waals surface area contributed by atoms with Crippen LogP contribution in [0, 0.1) is 20.8 Å². The topological polar surface area (TPSA) is 76.1 Å². The molecule has 1 unspecified atom stereocenters. The zero-order valence-electron chi connectivity index (χ0n) is 21.3. The van der Waals surface area contributed by atoms with E-state index in [2.05, 4.69) is 0 Å². The summed E-state index contributed by atoms with van der Waals surface area (Å²) in [5, 5.41) is 11.5. The molecule has 0 aliphatic carbocycles. The Morgan fingerprint density at radius 1 is 0.944 bits per heavy atom. The Morgan fingerprint density at radius 3 is 2.39 bits per heavy atom. The van der Waals surface area contributed by atoms with E-state index < -0.39 is 17.7 Å². The number of aryl methyl sites for hydroxylation is 3. The maximum Gasteiger partial charge on any atom is 0.300 e. The van der Waals surface area contributed by atoms with Gasteiger partial charge in [-0.1, -0.05) is 37.3 Å². The quantitative estimate of drug-likeness (QED) is 0.251. The van der Waals surface area contributed by atoms with E-state index in [4.69, 9.17) is 9.47 Å². The molecule has 1 saturated heterocycles. The van der Waals surface area contributed by atoms with Gasteiger partial charge in [0.15, 0.2) is 0 Å². The Hall–Kier alpha value is -4.06. The fourth-order valence-electron chi connectivity index (χ4n) is 4.57. The number of aliphatic hydroxyl groups is 1. The fourth-order valence-corrected chi connectivity index (χ4v) is 4.57. The van der Waals surface area contributed by atoms with Crippen LogP contribution >= 0.6 is 0 Å². The van der Waals surface area contributed by atoms with Gasteiger partial charge in [0.2, 0.25) is 0 Å². The molecule has 0 bridgehead atoms. The number of methoxy groups -OCH3 is 1. The summed E-state index contributed by atoms with van der Waals surface area (Å²) in [6.07, 6.45) is 0.877. The Kier molecular flexibility index (Phi) is 7.15. The van der Waals surface area contributed by atoms with E-state index in [1.54, 1.807) is 31.4 Å². The number of nitrogens with zero attached hydrogens (tertiary/aromatic N) is 1. The lowest BCUT2D eigenvalue weighted by Gasteiger charge is -2.28. The van der Waals surface area contributed by atoms with Crippen LogP contribution in [0.15, 0.2) is 66.2 Å². The van der Waals surface area contributed by atoms with Gasteiger partial charge in [0, 0.05) is 16.8 Å². The van der Waals surface area contributed by atoms with Crippen LogP contribution in [-0.4, -0.2) is 30.5 Å². The largest absolute Gasteiger partial charge is 0.507 e. The SMILES string of the molecule is CCCOc1ccc(/C(O)=C2\C(=O)C(=O)N(c3cc(C)ccc3C)C2c2ccccc2OC)cc1C. The number of aliphatic hydroxyl groups excluding tert-OH is 1. The number of carbonyl (C=O) groups is 2. The summed E-state index contributed by atoms with van der Waals surface area (Å²) in [6.45, 7) is 8.33. The summed E-state index contributed by atoms with van der Waals surface area (Å²) in [4.78, 5) is 28.5. The van der Waals surface area contributed by atoms with Gasteiger partial charge in [-0.15, -0.1) is 0 Å². The number of Topliss-reactive ketones (excluding diaryl/α,β-unsaturated/α-hetero) is 1. The van der Waals surface area contributed by atoms with E-state index in [1.165, 1.54) is 4.90 Å². The van der Waals surface area contributed by atoms with Crippen LogP contribution in [0.2, 0.25) is 0 Å². The van der Waals surface area contributed by atoms with E-state index in [0.717, 1.165) is 23.1 Å². The zero-order chi connectivity index (χ0) is 26.0. The van der Waals surface area contributed by atoms with Crippen molar-refractivity contribution < 1.29 is 24.2 Å². The van der Waals surface area contributed by atoms with Gasteiger partial charge in [-0.25, -0.2) is 0 Å². The Bertz CT molecular complexity index is 1360. The molecular formula is C30H31NO5. The molecule has 1 aliphatic rings. The minimum absolute atomic E-state index is 0.0204. The van der Waals surface area contributed by atoms with Crippen LogP contribution in [0.25, 0.3) is 5.76 Å². The second kappa shape index (κ2) is 10.3. The molecule has 186 valence electrons. The van der Waals surface area contributed by atoms with Gasteiger partial charge < -0.3 is 14.6 Å². The van der Waals surface area contributed by atoms with Gasteiger partial charge in [0.05, 0.1) is 25.3 Å². The van der Waals surface area contributed by atoms with Gasteiger partial charge in [0.25, 0.3) is 11.7 Å². The highest BCUT2D eigenvalue weighted by Crippen LogP contribution is 2.46. The third kappa shape index (κ3) is 4.47. The van der Waals surface area contributed by atoms with Crippen molar-refractivity contribution in [3.05, 3.63) is 94.1 Å². The van der Waals surface area contributed by atoms with E-state index >= 15 is 0 Å². The average Bonchev–Trinajstić information content (AvgIpc) is 3.14. The molecular weight excluding hydrogens is 454 g/mol. The lowest BCUT2D eigenvalue weighted by molar-refractivity contribution is -0.132. The van der Waals surface area contributed by atoms with Crippen LogP contribution in [0.1, 0.15) is 47.2 Å². The van der Waals surface area contributed by atoms with E-state index in [-0.39, 0.29) is 11.3 Å². The smallest absolute Gasteiger partial charge is 0.300 e. The van der Waals surface area contributed by atoms with Crippen LogP contribution in [0.4, 0.5) is 5.69 Å². The van der Waals surface area contributed by atoms with E-state index in [0.29, 0.717) is 34.9 Å². The normalized spacial score (nSPS) is 16.9. The number of hydrogen-bond acceptors (Lipinski definition) is 5. The third-order valence-electron chi connectivity index (χ3n) is 6.41. The van der Waals surface area contributed by atoms with Crippen LogP contribution < -0.4 is 14.4 Å². The summed E-state index contributed by atoms with van der Waals surface area (Å²) in [7, 11) is 1.54. The third-order valence-corrected chi connectivity index (χ3v) is 6.41. The summed E-state index contributed by atoms with van der Waals surface area (Å²) >= 11 is 0. The molecule has 1 heterocycles. The molecule has 0 aromatic heterocycles. The molecule has 1 aliphatic heterocycles. The predicted octanol–water partition coefficient (Wildman–Crippen LogP) is 6.04. The zero-order valence-corrected chi connectivity index (χ0v) is 21.3. The van der Waals surface area contributed by atoms with Crippen molar-refractivity contribution >= 4 is 23.1 Å². The highest BCUT2D eigenvalue weighted by molar-refractivity contribution is 6.51. The van der Waals surface area contributed by atoms with E-state index in [9.17, 15) is 14.7 Å². The number of hydrogen-bond donors (Lipinski definition) is 1. The molecule has 1 fully saturated rings. The van der Waals surface area contributed by atoms with Crippen LogP contribution in [-0.2, 0) is 9.59 Å². The second-order valence-electron chi connectivity index (χ2n) is 9.03. The molecule has 6 heteroatoms. The number of anilines is 1. The molecule has 3 aromatic rings. The highest BCUT2D eigenvalue weighted by Gasteiger charge is 2.48. The molecule has 0 radical (unpaired) electrons. The van der Waals surface area contributed by atoms with Crippen molar-refractivity contribution in [1.82, 2.24) is 0 Å². The van der Waals surface area contributed by atoms with Gasteiger partial charge in [-0.3, -0.25) is 14.5 Å². The van der Waals surface area contributed by atoms with Crippen molar-refractivity contribution in [3.63, 3.8) is 0 Å². The molecule has 1 N–H and O–H groups in total. The Morgan fingerprint density at radius 2 is 1.69 bits per heavy atom. The number of carbonyl (C=O) groups excluding carboxylic acids is 2. The molecule has 0 spiro atoms. The highest BCUT2D eigenvalue weighted by atomic mass is 16.5. The van der Waals surface area contributed by atoms with Crippen molar-refractivity contribution in [1.29, 1.82) is 0 Å². The molecule has 0 saturated carbocycles. The van der Waals surface area contributed by atoms with E-state index in [1.807, 2.05) is 64.1 Å². The van der Waals surface area contributed by atoms with Gasteiger partial charge in [-0.05, 0) is 74.2 Å². The Labute approximate surface area is 211 Å². The summed E-state index contributed by atoms with van der Waals surface area (Å²) in [5.41, 5.74) is 4.31. The number of benzene rings is 3. The lowest BCUT2D eigenvalue weighted by atomic mass is 9.93. The summed E-state index contributed by atoms with van der Waals surface area (Å²) in [6, 6.07) is 17.4. The first kappa shape index (κ1) is 25.0. The fraction of sp³-hybridized carbons (Fsp3) is 0.267. The second-order valence-corrected chi connectivity index (χ2v) is 9.03. The number of para-hydroxylation sites is 1. The monoisotopic (exact) mass is 485 g/mol. The molecule has 3 aromatic carbocycles. The number of ketones is 1. The first-order chi connectivity index (χ1) is 17.3. The molecule has 1 amide bonds. The van der Waals surface area contributed by atoms with Crippen LogP contribution in [0.5, 0.6) is 11.5 Å². The standard InChI is InChI=1S/C30H31NO5/c1-6-15-36-24-14-13-21(17-20(24)4)28(32)26-27(22-9-7-8-10-25(22)35-5)31(30(34)29(26)33)23-16-18(2)11-12-19(23)3/h7-14,16-17,27,32H,6,15H2,1-5H3/b28-26+. The lowest BCUT2D eigenvalue weighted by Crippen LogP contribution is -2.30. The minimum Gasteiger partial charge on any atom is -0.507 e. The van der Waals surface area contributed by atoms with Crippen molar-refractivity contribution in [2.75, 3.05) is 18.6 Å². The van der Waals surface area contributed by atoms with Crippen molar-refractivity contribution in [2.24, 2.45) is 0 Å². The summed E-state index contributed by atoms with van der Waals surface area (Å²) in [5.74, 6) is -0.438. The number of rotatable bonds is 7. The number of ether oxygens (including phenoxy) is 2. The van der Waals surface area contributed by atoms with Gasteiger partial charge in [0.1, 0.15) is 17.3 Å². The molecule has 6 nitrogen and oxygen atoms in total. The molecule has 36 heavy (non-hydrogen) atoms. The number of amides is 1. The first-order valence-corrected chi connectivity index (χ1v) is 12.0. The first-order valence-electron chi connectivity index (χ1n) is 12.0. The minimum atomic E-state index is -0.863. The summed E-state index contributed by atoms with van der Waals surface area (Å²) < 4.78 is 11.4. The molecule has 1 atom stereocenters. The molecule has 4 rings (SSSR count). The van der Waals surface area contributed by atoms with Crippen molar-refractivity contribution in [2.45, 2.75) is 40.2 Å². The predicted molar refractivity (Wildman–Crippen MR) is 141 cm³/mol.